The molecule has 1 amide bonds. The van der Waals surface area contributed by atoms with Gasteiger partial charge in [0.2, 0.25) is 0 Å². The summed E-state index contributed by atoms with van der Waals surface area (Å²) in [6.45, 7) is 2.89. The first kappa shape index (κ1) is 18.9. The van der Waals surface area contributed by atoms with Crippen molar-refractivity contribution < 1.29 is 14.6 Å². The molecule has 0 fully saturated rings. The Morgan fingerprint density at radius 2 is 1.79 bits per heavy atom. The summed E-state index contributed by atoms with van der Waals surface area (Å²) < 4.78 is 5.55. The average molecular weight is 388 g/mol. The van der Waals surface area contributed by atoms with Gasteiger partial charge in [-0.1, -0.05) is 48.5 Å². The van der Waals surface area contributed by atoms with Crippen LogP contribution in [0.15, 0.2) is 72.8 Å². The number of para-hydroxylation sites is 1. The lowest BCUT2D eigenvalue weighted by Crippen LogP contribution is -2.44. The van der Waals surface area contributed by atoms with Crippen LogP contribution in [0.25, 0.3) is 0 Å². The van der Waals surface area contributed by atoms with Crippen LogP contribution in [0.5, 0.6) is 11.5 Å². The number of aromatic hydroxyl groups is 1. The zero-order chi connectivity index (χ0) is 20.2. The lowest BCUT2D eigenvalue weighted by atomic mass is 10.0. The molecule has 1 atom stereocenters. The lowest BCUT2D eigenvalue weighted by Gasteiger charge is -2.38. The van der Waals surface area contributed by atoms with Gasteiger partial charge < -0.3 is 20.1 Å². The molecule has 3 aromatic carbocycles. The molecule has 0 spiro atoms. The molecule has 5 nitrogen and oxygen atoms in total. The minimum atomic E-state index is -0.346. The van der Waals surface area contributed by atoms with E-state index in [0.29, 0.717) is 24.5 Å². The monoisotopic (exact) mass is 388 g/mol. The average Bonchev–Trinajstić information content (AvgIpc) is 2.75. The highest BCUT2D eigenvalue weighted by Gasteiger charge is 2.32. The maximum absolute atomic E-state index is 13.3. The summed E-state index contributed by atoms with van der Waals surface area (Å²) in [5, 5.41) is 13.6. The first-order chi connectivity index (χ1) is 14.2. The number of amides is 1. The third-order valence-electron chi connectivity index (χ3n) is 5.11. The molecule has 29 heavy (non-hydrogen) atoms. The molecule has 0 radical (unpaired) electrons. The number of rotatable bonds is 6. The Kier molecular flexibility index (Phi) is 5.38. The van der Waals surface area contributed by atoms with E-state index in [4.69, 9.17) is 4.74 Å². The van der Waals surface area contributed by atoms with E-state index in [0.717, 1.165) is 17.7 Å². The predicted molar refractivity (Wildman–Crippen MR) is 113 cm³/mol. The Balaban J connectivity index is 1.69. The van der Waals surface area contributed by atoms with Crippen molar-refractivity contribution in [2.24, 2.45) is 0 Å². The molecular weight excluding hydrogens is 364 g/mol. The number of anilines is 1. The van der Waals surface area contributed by atoms with Crippen LogP contribution in [0.4, 0.5) is 5.69 Å². The van der Waals surface area contributed by atoms with Crippen LogP contribution in [-0.2, 0) is 6.42 Å². The molecule has 0 bridgehead atoms. The summed E-state index contributed by atoms with van der Waals surface area (Å²) in [6.07, 6.45) is 0.407. The van der Waals surface area contributed by atoms with Crippen molar-refractivity contribution >= 4 is 11.6 Å². The van der Waals surface area contributed by atoms with Gasteiger partial charge in [0.05, 0.1) is 12.2 Å². The van der Waals surface area contributed by atoms with E-state index < -0.39 is 0 Å². The van der Waals surface area contributed by atoms with Crippen LogP contribution in [-0.4, -0.2) is 29.1 Å². The molecule has 1 aliphatic heterocycles. The molecule has 4 rings (SSSR count). The summed E-state index contributed by atoms with van der Waals surface area (Å²) in [5.74, 6) is 0.501. The minimum Gasteiger partial charge on any atom is -0.504 e. The molecule has 2 N–H and O–H groups in total. The summed E-state index contributed by atoms with van der Waals surface area (Å²) in [6, 6.07) is 22.9. The SMILES string of the molecule is CCOc1cc([C@@H]2Nc3ccccc3C(=O)N2CCc2ccccc2)ccc1O. The number of phenols is 1. The van der Waals surface area contributed by atoms with Crippen molar-refractivity contribution in [3.63, 3.8) is 0 Å². The number of ether oxygens (including phenoxy) is 1. The number of hydrogen-bond acceptors (Lipinski definition) is 4. The van der Waals surface area contributed by atoms with Crippen molar-refractivity contribution in [2.75, 3.05) is 18.5 Å². The third-order valence-corrected chi connectivity index (χ3v) is 5.11. The number of benzene rings is 3. The molecule has 5 heteroatoms. The minimum absolute atomic E-state index is 0.00804. The number of fused-ring (bicyclic) bond motifs is 1. The fraction of sp³-hybridized carbons (Fsp3) is 0.208. The van der Waals surface area contributed by atoms with Gasteiger partial charge in [0.25, 0.3) is 5.91 Å². The number of nitrogens with zero attached hydrogens (tertiary/aromatic N) is 1. The Hall–Kier alpha value is -3.47. The number of carbonyl (C=O) groups is 1. The standard InChI is InChI=1S/C24H24N2O3/c1-2-29-22-16-18(12-13-21(22)27)23-25-20-11-7-6-10-19(20)24(28)26(23)15-14-17-8-4-3-5-9-17/h3-13,16,23,25,27H,2,14-15H2,1H3/t23-/m1/s1. The number of hydrogen-bond donors (Lipinski definition) is 2. The number of carbonyl (C=O) groups excluding carboxylic acids is 1. The maximum Gasteiger partial charge on any atom is 0.257 e. The second-order valence-corrected chi connectivity index (χ2v) is 6.99. The van der Waals surface area contributed by atoms with Crippen LogP contribution in [0, 0.1) is 0 Å². The van der Waals surface area contributed by atoms with Crippen LogP contribution >= 0.6 is 0 Å². The van der Waals surface area contributed by atoms with Crippen molar-refractivity contribution in [1.82, 2.24) is 4.90 Å². The maximum atomic E-state index is 13.3. The van der Waals surface area contributed by atoms with E-state index in [1.165, 1.54) is 5.56 Å². The van der Waals surface area contributed by atoms with Gasteiger partial charge in [-0.25, -0.2) is 0 Å². The molecular formula is C24H24N2O3. The fourth-order valence-corrected chi connectivity index (χ4v) is 3.65. The normalized spacial score (nSPS) is 15.6. The number of phenolic OH excluding ortho intramolecular Hbond substituents is 1. The Labute approximate surface area is 170 Å². The first-order valence-corrected chi connectivity index (χ1v) is 9.83. The Morgan fingerprint density at radius 1 is 1.03 bits per heavy atom. The fourth-order valence-electron chi connectivity index (χ4n) is 3.65. The first-order valence-electron chi connectivity index (χ1n) is 9.83. The smallest absolute Gasteiger partial charge is 0.257 e. The van der Waals surface area contributed by atoms with Gasteiger partial charge in [-0.3, -0.25) is 4.79 Å². The van der Waals surface area contributed by atoms with Gasteiger partial charge in [0.1, 0.15) is 6.17 Å². The molecule has 1 heterocycles. The van der Waals surface area contributed by atoms with E-state index in [2.05, 4.69) is 17.4 Å². The highest BCUT2D eigenvalue weighted by atomic mass is 16.5. The largest absolute Gasteiger partial charge is 0.504 e. The highest BCUT2D eigenvalue weighted by Crippen LogP contribution is 2.36. The van der Waals surface area contributed by atoms with Gasteiger partial charge in [-0.15, -0.1) is 0 Å². The van der Waals surface area contributed by atoms with Crippen LogP contribution in [0.2, 0.25) is 0 Å². The number of nitrogens with one attached hydrogen (secondary N) is 1. The van der Waals surface area contributed by atoms with E-state index in [-0.39, 0.29) is 17.8 Å². The second kappa shape index (κ2) is 8.27. The highest BCUT2D eigenvalue weighted by molar-refractivity contribution is 6.01. The molecule has 3 aromatic rings. The topological polar surface area (TPSA) is 61.8 Å². The van der Waals surface area contributed by atoms with Crippen molar-refractivity contribution in [3.05, 3.63) is 89.5 Å². The predicted octanol–water partition coefficient (Wildman–Crippen LogP) is 4.60. The molecule has 0 aromatic heterocycles. The zero-order valence-electron chi connectivity index (χ0n) is 16.3. The quantitative estimate of drug-likeness (QED) is 0.648. The van der Waals surface area contributed by atoms with Gasteiger partial charge in [0.15, 0.2) is 11.5 Å². The third kappa shape index (κ3) is 3.90. The van der Waals surface area contributed by atoms with Gasteiger partial charge in [-0.2, -0.15) is 0 Å². The van der Waals surface area contributed by atoms with Gasteiger partial charge in [0, 0.05) is 12.2 Å². The van der Waals surface area contributed by atoms with Crippen molar-refractivity contribution in [3.8, 4) is 11.5 Å². The molecule has 0 aliphatic carbocycles. The summed E-state index contributed by atoms with van der Waals surface area (Å²) in [7, 11) is 0. The molecule has 0 saturated carbocycles. The van der Waals surface area contributed by atoms with Gasteiger partial charge >= 0.3 is 0 Å². The van der Waals surface area contributed by atoms with Crippen LogP contribution < -0.4 is 10.1 Å². The Morgan fingerprint density at radius 3 is 2.59 bits per heavy atom. The van der Waals surface area contributed by atoms with Crippen LogP contribution in [0.1, 0.15) is 34.6 Å². The van der Waals surface area contributed by atoms with E-state index >= 15 is 0 Å². The lowest BCUT2D eigenvalue weighted by molar-refractivity contribution is 0.0685. The summed E-state index contributed by atoms with van der Waals surface area (Å²) >= 11 is 0. The van der Waals surface area contributed by atoms with Crippen molar-refractivity contribution in [2.45, 2.75) is 19.5 Å². The van der Waals surface area contributed by atoms with Crippen molar-refractivity contribution in [1.29, 1.82) is 0 Å². The molecule has 1 aliphatic rings. The van der Waals surface area contributed by atoms with Crippen LogP contribution in [0.3, 0.4) is 0 Å². The van der Waals surface area contributed by atoms with Gasteiger partial charge in [-0.05, 0) is 48.7 Å². The zero-order valence-corrected chi connectivity index (χ0v) is 16.3. The summed E-state index contributed by atoms with van der Waals surface area (Å²) in [4.78, 5) is 15.1. The summed E-state index contributed by atoms with van der Waals surface area (Å²) in [5.41, 5.74) is 3.52. The molecule has 148 valence electrons. The second-order valence-electron chi connectivity index (χ2n) is 6.99. The van der Waals surface area contributed by atoms with E-state index in [9.17, 15) is 9.90 Å². The van der Waals surface area contributed by atoms with E-state index in [1.807, 2.05) is 60.4 Å². The Bertz CT molecular complexity index is 1000. The van der Waals surface area contributed by atoms with E-state index in [1.54, 1.807) is 12.1 Å². The molecule has 0 saturated heterocycles. The molecule has 0 unspecified atom stereocenters.